The van der Waals surface area contributed by atoms with E-state index in [2.05, 4.69) is 20.8 Å². The van der Waals surface area contributed by atoms with Crippen molar-refractivity contribution in [3.63, 3.8) is 0 Å². The molecule has 11 heavy (non-hydrogen) atoms. The molecule has 0 aromatic carbocycles. The Kier molecular flexibility index (Phi) is 2.53. The molecule has 0 spiro atoms. The van der Waals surface area contributed by atoms with Gasteiger partial charge in [-0.25, -0.2) is 4.39 Å². The predicted octanol–water partition coefficient (Wildman–Crippen LogP) is 2.57. The second kappa shape index (κ2) is 3.10. The minimum atomic E-state index is -0.705. The quantitative estimate of drug-likeness (QED) is 0.491. The number of hydrogen-bond donors (Lipinski definition) is 0. The van der Waals surface area contributed by atoms with Gasteiger partial charge in [0, 0.05) is 12.1 Å². The Morgan fingerprint density at radius 1 is 1.27 bits per heavy atom. The Labute approximate surface area is 68.6 Å². The molecule has 0 N–H and O–H groups in total. The van der Waals surface area contributed by atoms with E-state index in [0.717, 1.165) is 25.8 Å². The van der Waals surface area contributed by atoms with E-state index in [1.54, 1.807) is 0 Å². The smallest absolute Gasteiger partial charge is 0.154 e. The van der Waals surface area contributed by atoms with E-state index in [-0.39, 0.29) is 5.54 Å². The molecule has 2 heteroatoms. The van der Waals surface area contributed by atoms with E-state index < -0.39 is 6.30 Å². The number of nitrogens with zero attached hydrogens (tertiary/aromatic N) is 1. The Morgan fingerprint density at radius 2 is 1.91 bits per heavy atom. The van der Waals surface area contributed by atoms with Crippen molar-refractivity contribution in [3.8, 4) is 0 Å². The van der Waals surface area contributed by atoms with Crippen molar-refractivity contribution in [2.24, 2.45) is 0 Å². The first kappa shape index (κ1) is 8.98. The lowest BCUT2D eigenvalue weighted by Gasteiger charge is -2.40. The highest BCUT2D eigenvalue weighted by Gasteiger charge is 2.30. The lowest BCUT2D eigenvalue weighted by atomic mass is 10.0. The lowest BCUT2D eigenvalue weighted by molar-refractivity contribution is -0.0203. The van der Waals surface area contributed by atoms with Gasteiger partial charge in [-0.2, -0.15) is 0 Å². The number of halogens is 1. The van der Waals surface area contributed by atoms with E-state index in [1.807, 2.05) is 4.90 Å². The summed E-state index contributed by atoms with van der Waals surface area (Å²) >= 11 is 0. The fraction of sp³-hybridized carbons (Fsp3) is 1.00. The Bertz CT molecular complexity index is 128. The van der Waals surface area contributed by atoms with E-state index in [4.69, 9.17) is 0 Å². The number of alkyl halides is 1. The number of piperidine rings is 1. The first-order chi connectivity index (χ1) is 5.02. The van der Waals surface area contributed by atoms with Crippen molar-refractivity contribution < 1.29 is 4.39 Å². The molecule has 0 bridgehead atoms. The Morgan fingerprint density at radius 3 is 2.27 bits per heavy atom. The number of hydrogen-bond acceptors (Lipinski definition) is 1. The molecule has 1 rings (SSSR count). The molecule has 1 saturated heterocycles. The SMILES string of the molecule is CC(C)(C)N1CCCCC1F. The zero-order valence-electron chi connectivity index (χ0n) is 7.73. The molecule has 0 aliphatic carbocycles. The van der Waals surface area contributed by atoms with E-state index >= 15 is 0 Å². The molecule has 1 aliphatic heterocycles. The average Bonchev–Trinajstić information content (AvgIpc) is 1.86. The second-order valence-electron chi connectivity index (χ2n) is 4.29. The Balaban J connectivity index is 2.55. The summed E-state index contributed by atoms with van der Waals surface area (Å²) in [6.07, 6.45) is 2.21. The molecule has 0 amide bonds. The molecule has 1 unspecified atom stereocenters. The average molecular weight is 159 g/mol. The maximum Gasteiger partial charge on any atom is 0.154 e. The highest BCUT2D eigenvalue weighted by molar-refractivity contribution is 4.81. The summed E-state index contributed by atoms with van der Waals surface area (Å²) in [4.78, 5) is 1.95. The molecule has 1 heterocycles. The van der Waals surface area contributed by atoms with Gasteiger partial charge in [0.25, 0.3) is 0 Å². The van der Waals surface area contributed by atoms with Crippen LogP contribution in [0.5, 0.6) is 0 Å². The third kappa shape index (κ3) is 2.16. The minimum absolute atomic E-state index is 0.000162. The van der Waals surface area contributed by atoms with E-state index in [9.17, 15) is 4.39 Å². The first-order valence-corrected chi connectivity index (χ1v) is 4.42. The monoisotopic (exact) mass is 159 g/mol. The summed E-state index contributed by atoms with van der Waals surface area (Å²) in [6.45, 7) is 7.14. The largest absolute Gasteiger partial charge is 0.269 e. The van der Waals surface area contributed by atoms with Crippen LogP contribution in [-0.4, -0.2) is 23.3 Å². The van der Waals surface area contributed by atoms with Gasteiger partial charge < -0.3 is 0 Å². The van der Waals surface area contributed by atoms with Crippen LogP contribution in [0.15, 0.2) is 0 Å². The summed E-state index contributed by atoms with van der Waals surface area (Å²) in [5.74, 6) is 0. The maximum absolute atomic E-state index is 13.3. The van der Waals surface area contributed by atoms with Crippen molar-refractivity contribution in [2.45, 2.75) is 51.9 Å². The topological polar surface area (TPSA) is 3.24 Å². The molecule has 1 nitrogen and oxygen atoms in total. The van der Waals surface area contributed by atoms with Crippen LogP contribution in [0.1, 0.15) is 40.0 Å². The molecule has 1 fully saturated rings. The second-order valence-corrected chi connectivity index (χ2v) is 4.29. The van der Waals surface area contributed by atoms with Crippen molar-refractivity contribution in [2.75, 3.05) is 6.54 Å². The third-order valence-electron chi connectivity index (χ3n) is 2.29. The molecule has 0 aromatic rings. The van der Waals surface area contributed by atoms with Gasteiger partial charge in [0.05, 0.1) is 0 Å². The summed E-state index contributed by atoms with van der Waals surface area (Å²) in [6, 6.07) is 0. The normalized spacial score (nSPS) is 28.9. The molecule has 66 valence electrons. The fourth-order valence-corrected chi connectivity index (χ4v) is 1.65. The Hall–Kier alpha value is -0.110. The highest BCUT2D eigenvalue weighted by atomic mass is 19.1. The van der Waals surface area contributed by atoms with Crippen LogP contribution in [0.3, 0.4) is 0 Å². The zero-order valence-corrected chi connectivity index (χ0v) is 7.73. The molecule has 1 atom stereocenters. The van der Waals surface area contributed by atoms with Crippen LogP contribution in [-0.2, 0) is 0 Å². The van der Waals surface area contributed by atoms with Gasteiger partial charge in [-0.1, -0.05) is 0 Å². The van der Waals surface area contributed by atoms with Crippen molar-refractivity contribution in [1.29, 1.82) is 0 Å². The molecule has 0 radical (unpaired) electrons. The summed E-state index contributed by atoms with van der Waals surface area (Å²) < 4.78 is 13.3. The van der Waals surface area contributed by atoms with Crippen LogP contribution in [0.4, 0.5) is 4.39 Å². The van der Waals surface area contributed by atoms with Crippen molar-refractivity contribution >= 4 is 0 Å². The van der Waals surface area contributed by atoms with E-state index in [0.29, 0.717) is 0 Å². The zero-order chi connectivity index (χ0) is 8.48. The van der Waals surface area contributed by atoms with Crippen LogP contribution in [0.2, 0.25) is 0 Å². The number of likely N-dealkylation sites (tertiary alicyclic amines) is 1. The summed E-state index contributed by atoms with van der Waals surface area (Å²) in [7, 11) is 0. The van der Waals surface area contributed by atoms with Crippen molar-refractivity contribution in [3.05, 3.63) is 0 Å². The lowest BCUT2D eigenvalue weighted by Crippen LogP contribution is -2.48. The predicted molar refractivity (Wildman–Crippen MR) is 45.2 cm³/mol. The minimum Gasteiger partial charge on any atom is -0.269 e. The number of rotatable bonds is 0. The van der Waals surface area contributed by atoms with Gasteiger partial charge in [0.1, 0.15) is 0 Å². The van der Waals surface area contributed by atoms with E-state index in [1.165, 1.54) is 0 Å². The van der Waals surface area contributed by atoms with Gasteiger partial charge >= 0.3 is 0 Å². The van der Waals surface area contributed by atoms with Crippen LogP contribution in [0, 0.1) is 0 Å². The van der Waals surface area contributed by atoms with Crippen LogP contribution >= 0.6 is 0 Å². The molecule has 1 aliphatic rings. The van der Waals surface area contributed by atoms with Gasteiger partial charge in [0.2, 0.25) is 0 Å². The van der Waals surface area contributed by atoms with Gasteiger partial charge in [-0.3, -0.25) is 4.90 Å². The first-order valence-electron chi connectivity index (χ1n) is 4.42. The summed E-state index contributed by atoms with van der Waals surface area (Å²) in [5.41, 5.74) is -0.000162. The maximum atomic E-state index is 13.3. The third-order valence-corrected chi connectivity index (χ3v) is 2.29. The van der Waals surface area contributed by atoms with Crippen LogP contribution in [0.25, 0.3) is 0 Å². The molecule has 0 saturated carbocycles. The van der Waals surface area contributed by atoms with Gasteiger partial charge in [-0.05, 0) is 40.0 Å². The van der Waals surface area contributed by atoms with Gasteiger partial charge in [-0.15, -0.1) is 0 Å². The fourth-order valence-electron chi connectivity index (χ4n) is 1.65. The van der Waals surface area contributed by atoms with Gasteiger partial charge in [0.15, 0.2) is 6.30 Å². The molecular formula is C9H18FN. The molecular weight excluding hydrogens is 141 g/mol. The highest BCUT2D eigenvalue weighted by Crippen LogP contribution is 2.25. The van der Waals surface area contributed by atoms with Crippen LogP contribution < -0.4 is 0 Å². The standard InChI is InChI=1S/C9H18FN/c1-9(2,3)11-7-5-4-6-8(11)10/h8H,4-7H2,1-3H3. The molecule has 0 aromatic heterocycles. The summed E-state index contributed by atoms with van der Waals surface area (Å²) in [5, 5.41) is 0. The van der Waals surface area contributed by atoms with Crippen molar-refractivity contribution in [1.82, 2.24) is 4.90 Å².